The summed E-state index contributed by atoms with van der Waals surface area (Å²) in [5.74, 6) is 2.21. The van der Waals surface area contributed by atoms with Crippen molar-refractivity contribution >= 4 is 41.0 Å². The van der Waals surface area contributed by atoms with Gasteiger partial charge in [0.2, 0.25) is 11.8 Å². The summed E-state index contributed by atoms with van der Waals surface area (Å²) in [6, 6.07) is 1.90. The molecule has 1 atom stereocenters. The van der Waals surface area contributed by atoms with Crippen LogP contribution in [0.15, 0.2) is 11.2 Å². The van der Waals surface area contributed by atoms with Crippen LogP contribution < -0.4 is 4.90 Å². The van der Waals surface area contributed by atoms with Crippen LogP contribution in [0.1, 0.15) is 52.4 Å². The van der Waals surface area contributed by atoms with E-state index in [1.165, 1.54) is 37.4 Å². The fourth-order valence-electron chi connectivity index (χ4n) is 5.45. The number of thioether (sulfide) groups is 1. The molecule has 2 aliphatic heterocycles. The van der Waals surface area contributed by atoms with E-state index in [4.69, 9.17) is 16.6 Å². The number of aromatic nitrogens is 2. The molecule has 0 spiro atoms. The van der Waals surface area contributed by atoms with Crippen LogP contribution >= 0.6 is 23.4 Å². The number of rotatable bonds is 8. The molecular formula is C25H39ClN6O2S. The first kappa shape index (κ1) is 26.5. The summed E-state index contributed by atoms with van der Waals surface area (Å²) in [7, 11) is 0. The molecule has 8 nitrogen and oxygen atoms in total. The molecule has 1 aromatic heterocycles. The van der Waals surface area contributed by atoms with E-state index in [0.717, 1.165) is 57.4 Å². The third-order valence-electron chi connectivity index (χ3n) is 7.67. The van der Waals surface area contributed by atoms with Crippen LogP contribution in [0.25, 0.3) is 0 Å². The lowest BCUT2D eigenvalue weighted by atomic mass is 10.0. The average molecular weight is 523 g/mol. The number of hydrogen-bond donors (Lipinski definition) is 0. The van der Waals surface area contributed by atoms with Gasteiger partial charge in [-0.15, -0.1) is 0 Å². The van der Waals surface area contributed by atoms with Crippen LogP contribution in [-0.2, 0) is 9.59 Å². The predicted molar refractivity (Wildman–Crippen MR) is 141 cm³/mol. The number of halogens is 1. The second-order valence-electron chi connectivity index (χ2n) is 10.0. The third-order valence-corrected chi connectivity index (χ3v) is 8.70. The van der Waals surface area contributed by atoms with Gasteiger partial charge in [0.15, 0.2) is 5.16 Å². The van der Waals surface area contributed by atoms with E-state index in [0.29, 0.717) is 35.6 Å². The van der Waals surface area contributed by atoms with Crippen molar-refractivity contribution in [2.75, 3.05) is 63.0 Å². The topological polar surface area (TPSA) is 72.9 Å². The van der Waals surface area contributed by atoms with E-state index >= 15 is 0 Å². The summed E-state index contributed by atoms with van der Waals surface area (Å²) in [6.45, 7) is 10.8. The van der Waals surface area contributed by atoms with Gasteiger partial charge in [0.1, 0.15) is 11.0 Å². The van der Waals surface area contributed by atoms with Crippen molar-refractivity contribution in [1.82, 2.24) is 24.7 Å². The lowest BCUT2D eigenvalue weighted by molar-refractivity contribution is -0.134. The van der Waals surface area contributed by atoms with Gasteiger partial charge in [-0.3, -0.25) is 9.59 Å². The fourth-order valence-corrected chi connectivity index (χ4v) is 6.43. The Hall–Kier alpha value is -1.58. The van der Waals surface area contributed by atoms with Gasteiger partial charge in [0, 0.05) is 64.3 Å². The van der Waals surface area contributed by atoms with Gasteiger partial charge in [-0.2, -0.15) is 0 Å². The lowest BCUT2D eigenvalue weighted by Crippen LogP contribution is -2.54. The molecule has 0 radical (unpaired) electrons. The first-order valence-electron chi connectivity index (χ1n) is 13.1. The molecule has 194 valence electrons. The minimum absolute atomic E-state index is 0.119. The molecule has 1 aromatic rings. The summed E-state index contributed by atoms with van der Waals surface area (Å²) in [5, 5.41) is 0.903. The summed E-state index contributed by atoms with van der Waals surface area (Å²) in [4.78, 5) is 43.0. The van der Waals surface area contributed by atoms with E-state index in [1.54, 1.807) is 6.07 Å². The van der Waals surface area contributed by atoms with Crippen LogP contribution in [0.5, 0.6) is 0 Å². The van der Waals surface area contributed by atoms with Gasteiger partial charge in [0.25, 0.3) is 0 Å². The highest BCUT2D eigenvalue weighted by Crippen LogP contribution is 2.29. The predicted octanol–water partition coefficient (Wildman–Crippen LogP) is 3.39. The molecule has 0 bridgehead atoms. The van der Waals surface area contributed by atoms with Gasteiger partial charge in [0.05, 0.1) is 5.75 Å². The average Bonchev–Trinajstić information content (AvgIpc) is 3.39. The number of anilines is 1. The number of piperazine rings is 2. The SMILES string of the molecule is CCN1CCN(C(=O)CSc2nc(Cl)cc(N3CCN(C(=O)CCC4CCCC4)C(C)C3)n2)CC1. The van der Waals surface area contributed by atoms with Crippen LogP contribution in [-0.4, -0.2) is 101 Å². The zero-order valence-corrected chi connectivity index (χ0v) is 22.7. The van der Waals surface area contributed by atoms with Crippen molar-refractivity contribution in [2.24, 2.45) is 5.92 Å². The number of carbonyl (C=O) groups excluding carboxylic acids is 2. The van der Waals surface area contributed by atoms with Crippen molar-refractivity contribution in [3.05, 3.63) is 11.2 Å². The van der Waals surface area contributed by atoms with Crippen molar-refractivity contribution in [3.63, 3.8) is 0 Å². The Morgan fingerprint density at radius 1 is 1.06 bits per heavy atom. The highest BCUT2D eigenvalue weighted by Gasteiger charge is 2.29. The van der Waals surface area contributed by atoms with Crippen molar-refractivity contribution in [1.29, 1.82) is 0 Å². The summed E-state index contributed by atoms with van der Waals surface area (Å²) < 4.78 is 0. The van der Waals surface area contributed by atoms with E-state index in [9.17, 15) is 9.59 Å². The molecule has 1 aliphatic carbocycles. The number of nitrogens with zero attached hydrogens (tertiary/aromatic N) is 6. The Balaban J connectivity index is 1.28. The second kappa shape index (κ2) is 12.6. The summed E-state index contributed by atoms with van der Waals surface area (Å²) >= 11 is 7.67. The van der Waals surface area contributed by atoms with Crippen molar-refractivity contribution < 1.29 is 9.59 Å². The quantitative estimate of drug-likeness (QED) is 0.294. The maximum absolute atomic E-state index is 12.9. The normalized spacial score (nSPS) is 22.1. The van der Waals surface area contributed by atoms with E-state index in [1.807, 2.05) is 9.80 Å². The van der Waals surface area contributed by atoms with Gasteiger partial charge in [-0.05, 0) is 25.8 Å². The standard InChI is InChI=1S/C25H39ClN6O2S/c1-3-29-10-12-30(13-11-29)24(34)18-35-25-27-21(26)16-22(28-25)31-14-15-32(19(2)17-31)23(33)9-8-20-6-4-5-7-20/h16,19-20H,3-15,17-18H2,1-2H3. The third kappa shape index (κ3) is 7.23. The molecule has 1 unspecified atom stereocenters. The first-order valence-corrected chi connectivity index (χ1v) is 14.5. The van der Waals surface area contributed by atoms with Crippen LogP contribution in [0.3, 0.4) is 0 Å². The van der Waals surface area contributed by atoms with Gasteiger partial charge in [-0.1, -0.05) is 56.0 Å². The van der Waals surface area contributed by atoms with E-state index < -0.39 is 0 Å². The molecule has 1 saturated carbocycles. The van der Waals surface area contributed by atoms with Gasteiger partial charge >= 0.3 is 0 Å². The Morgan fingerprint density at radius 2 is 1.80 bits per heavy atom. The minimum atomic E-state index is 0.119. The highest BCUT2D eigenvalue weighted by atomic mass is 35.5. The maximum Gasteiger partial charge on any atom is 0.233 e. The van der Waals surface area contributed by atoms with Gasteiger partial charge < -0.3 is 19.6 Å². The number of likely N-dealkylation sites (N-methyl/N-ethyl adjacent to an activating group) is 1. The monoisotopic (exact) mass is 522 g/mol. The molecule has 0 N–H and O–H groups in total. The zero-order valence-electron chi connectivity index (χ0n) is 21.1. The second-order valence-corrected chi connectivity index (χ2v) is 11.3. The van der Waals surface area contributed by atoms with Crippen LogP contribution in [0, 0.1) is 5.92 Å². The Labute approximate surface area is 218 Å². The molecule has 0 aromatic carbocycles. The number of hydrogen-bond acceptors (Lipinski definition) is 7. The first-order chi connectivity index (χ1) is 16.9. The number of amides is 2. The van der Waals surface area contributed by atoms with Crippen molar-refractivity contribution in [2.45, 2.75) is 63.6 Å². The fraction of sp³-hybridized carbons (Fsp3) is 0.760. The zero-order chi connectivity index (χ0) is 24.8. The van der Waals surface area contributed by atoms with Crippen molar-refractivity contribution in [3.8, 4) is 0 Å². The summed E-state index contributed by atoms with van der Waals surface area (Å²) in [6.07, 6.45) is 6.90. The molecule has 3 heterocycles. The molecule has 2 saturated heterocycles. The molecule has 2 amide bonds. The Kier molecular flexibility index (Phi) is 9.53. The molecule has 35 heavy (non-hydrogen) atoms. The molecule has 4 rings (SSSR count). The van der Waals surface area contributed by atoms with Gasteiger partial charge in [-0.25, -0.2) is 9.97 Å². The van der Waals surface area contributed by atoms with E-state index in [2.05, 4.69) is 28.6 Å². The largest absolute Gasteiger partial charge is 0.353 e. The molecule has 3 fully saturated rings. The molecule has 3 aliphatic rings. The Morgan fingerprint density at radius 3 is 2.49 bits per heavy atom. The lowest BCUT2D eigenvalue weighted by Gasteiger charge is -2.40. The smallest absolute Gasteiger partial charge is 0.233 e. The maximum atomic E-state index is 12.9. The van der Waals surface area contributed by atoms with Crippen LogP contribution in [0.2, 0.25) is 5.15 Å². The Bertz CT molecular complexity index is 876. The van der Waals surface area contributed by atoms with Crippen LogP contribution in [0.4, 0.5) is 5.82 Å². The number of carbonyl (C=O) groups is 2. The molecule has 10 heteroatoms. The minimum Gasteiger partial charge on any atom is -0.353 e. The summed E-state index contributed by atoms with van der Waals surface area (Å²) in [5.41, 5.74) is 0. The van der Waals surface area contributed by atoms with E-state index in [-0.39, 0.29) is 17.9 Å². The highest BCUT2D eigenvalue weighted by molar-refractivity contribution is 7.99. The molecular weight excluding hydrogens is 484 g/mol.